The standard InChI is InChI=1S/C31H46N4O2.ClH/c1-30(2,3)16-28(36)33-18-24(27(20-33)23-8-6-5-7-9-23)19-34-25-12-13-26(34)15-31(14-25)21-32(4)29(37)35(31)17-22-10-11-22;/h5-9,22,24-27H,10-21H2,1-4H3;1H/t24-,25?,26?,27-,31?;/m1./s1. The quantitative estimate of drug-likeness (QED) is 0.494. The monoisotopic (exact) mass is 542 g/mol. The number of benzene rings is 1. The summed E-state index contributed by atoms with van der Waals surface area (Å²) >= 11 is 0. The normalized spacial score (nSPS) is 33.4. The van der Waals surface area contributed by atoms with Crippen molar-refractivity contribution < 1.29 is 9.59 Å². The summed E-state index contributed by atoms with van der Waals surface area (Å²) < 4.78 is 0. The van der Waals surface area contributed by atoms with E-state index in [-0.39, 0.29) is 29.4 Å². The Morgan fingerprint density at radius 2 is 1.63 bits per heavy atom. The number of urea groups is 1. The van der Waals surface area contributed by atoms with Crippen LogP contribution >= 0.6 is 12.4 Å². The summed E-state index contributed by atoms with van der Waals surface area (Å²) in [4.78, 5) is 35.6. The van der Waals surface area contributed by atoms with E-state index in [4.69, 9.17) is 0 Å². The van der Waals surface area contributed by atoms with Crippen LogP contribution in [0.5, 0.6) is 0 Å². The Balaban J connectivity index is 0.00000294. The lowest BCUT2D eigenvalue weighted by molar-refractivity contribution is -0.132. The van der Waals surface area contributed by atoms with Crippen LogP contribution in [0.15, 0.2) is 30.3 Å². The number of carbonyl (C=O) groups excluding carboxylic acids is 2. The molecule has 1 aliphatic carbocycles. The Bertz CT molecular complexity index is 1010. The summed E-state index contributed by atoms with van der Waals surface area (Å²) in [5, 5.41) is 0. The molecule has 6 rings (SSSR count). The second kappa shape index (κ2) is 10.3. The zero-order valence-electron chi connectivity index (χ0n) is 23.8. The van der Waals surface area contributed by atoms with Crippen LogP contribution < -0.4 is 0 Å². The van der Waals surface area contributed by atoms with Gasteiger partial charge in [-0.2, -0.15) is 0 Å². The van der Waals surface area contributed by atoms with Crippen LogP contribution in [-0.4, -0.2) is 88.9 Å². The number of amides is 3. The molecule has 38 heavy (non-hydrogen) atoms. The first kappa shape index (κ1) is 27.8. The van der Waals surface area contributed by atoms with Crippen molar-refractivity contribution in [2.45, 2.75) is 89.3 Å². The first-order chi connectivity index (χ1) is 17.6. The lowest BCUT2D eigenvalue weighted by Crippen LogP contribution is -2.59. The van der Waals surface area contributed by atoms with E-state index in [1.165, 1.54) is 31.2 Å². The highest BCUT2D eigenvalue weighted by molar-refractivity contribution is 5.85. The van der Waals surface area contributed by atoms with Gasteiger partial charge < -0.3 is 14.7 Å². The van der Waals surface area contributed by atoms with Crippen LogP contribution in [0.25, 0.3) is 0 Å². The van der Waals surface area contributed by atoms with E-state index in [1.54, 1.807) is 0 Å². The Kier molecular flexibility index (Phi) is 7.54. The van der Waals surface area contributed by atoms with Crippen molar-refractivity contribution in [3.63, 3.8) is 0 Å². The molecule has 4 heterocycles. The number of fused-ring (bicyclic) bond motifs is 2. The summed E-state index contributed by atoms with van der Waals surface area (Å²) in [5.41, 5.74) is 1.41. The second-order valence-corrected chi connectivity index (χ2v) is 14.2. The van der Waals surface area contributed by atoms with Crippen molar-refractivity contribution in [3.8, 4) is 0 Å². The van der Waals surface area contributed by atoms with Gasteiger partial charge in [-0.25, -0.2) is 4.79 Å². The minimum atomic E-state index is 0. The number of hydrogen-bond acceptors (Lipinski definition) is 3. The molecule has 7 heteroatoms. The zero-order chi connectivity index (χ0) is 25.9. The molecule has 4 aliphatic heterocycles. The molecule has 1 aromatic carbocycles. The lowest BCUT2D eigenvalue weighted by atomic mass is 9.80. The molecule has 0 radical (unpaired) electrons. The van der Waals surface area contributed by atoms with E-state index in [9.17, 15) is 9.59 Å². The summed E-state index contributed by atoms with van der Waals surface area (Å²) in [6.45, 7) is 11.1. The topological polar surface area (TPSA) is 47.1 Å². The van der Waals surface area contributed by atoms with Gasteiger partial charge in [0.2, 0.25) is 5.91 Å². The van der Waals surface area contributed by atoms with E-state index < -0.39 is 0 Å². The van der Waals surface area contributed by atoms with Gasteiger partial charge in [-0.15, -0.1) is 12.4 Å². The molecule has 1 saturated carbocycles. The Morgan fingerprint density at radius 3 is 2.24 bits per heavy atom. The highest BCUT2D eigenvalue weighted by Gasteiger charge is 2.57. The summed E-state index contributed by atoms with van der Waals surface area (Å²) in [7, 11) is 2.00. The van der Waals surface area contributed by atoms with Crippen molar-refractivity contribution in [1.82, 2.24) is 19.6 Å². The molecule has 5 aliphatic rings. The molecular weight excluding hydrogens is 496 g/mol. The van der Waals surface area contributed by atoms with Crippen LogP contribution in [0.2, 0.25) is 0 Å². The SMILES string of the molecule is CN1CC2(CC3CCC(C2)N3C[C@H]2CN(C(=O)CC(C)(C)C)C[C@@H]2c2ccccc2)N(CC2CC2)C1=O.Cl. The highest BCUT2D eigenvalue weighted by Crippen LogP contribution is 2.49. The van der Waals surface area contributed by atoms with E-state index in [0.29, 0.717) is 36.2 Å². The summed E-state index contributed by atoms with van der Waals surface area (Å²) in [6.07, 6.45) is 7.90. The molecule has 0 aromatic heterocycles. The average molecular weight is 543 g/mol. The molecule has 5 fully saturated rings. The Hall–Kier alpha value is -1.79. The number of hydrogen-bond donors (Lipinski definition) is 0. The smallest absolute Gasteiger partial charge is 0.320 e. The van der Waals surface area contributed by atoms with Crippen molar-refractivity contribution in [3.05, 3.63) is 35.9 Å². The first-order valence-corrected chi connectivity index (χ1v) is 14.7. The first-order valence-electron chi connectivity index (χ1n) is 14.7. The number of likely N-dealkylation sites (tertiary alicyclic amines) is 1. The fourth-order valence-electron chi connectivity index (χ4n) is 8.07. The average Bonchev–Trinajstić information content (AvgIpc) is 3.46. The minimum absolute atomic E-state index is 0. The van der Waals surface area contributed by atoms with Crippen molar-refractivity contribution in [2.24, 2.45) is 17.3 Å². The number of rotatable bonds is 6. The molecule has 0 N–H and O–H groups in total. The maximum Gasteiger partial charge on any atom is 0.320 e. The van der Waals surface area contributed by atoms with E-state index in [2.05, 4.69) is 65.8 Å². The molecule has 6 nitrogen and oxygen atoms in total. The van der Waals surface area contributed by atoms with Gasteiger partial charge in [0, 0.05) is 64.2 Å². The van der Waals surface area contributed by atoms with Gasteiger partial charge >= 0.3 is 6.03 Å². The van der Waals surface area contributed by atoms with Gasteiger partial charge in [0.1, 0.15) is 0 Å². The van der Waals surface area contributed by atoms with Crippen LogP contribution in [0, 0.1) is 17.3 Å². The van der Waals surface area contributed by atoms with Gasteiger partial charge in [0.15, 0.2) is 0 Å². The van der Waals surface area contributed by atoms with E-state index in [0.717, 1.165) is 51.5 Å². The molecule has 210 valence electrons. The molecule has 4 atom stereocenters. The number of carbonyl (C=O) groups is 2. The predicted molar refractivity (Wildman–Crippen MR) is 154 cm³/mol. The number of piperidine rings is 1. The Morgan fingerprint density at radius 1 is 0.974 bits per heavy atom. The third-order valence-corrected chi connectivity index (χ3v) is 9.95. The zero-order valence-corrected chi connectivity index (χ0v) is 24.6. The molecule has 4 saturated heterocycles. The minimum Gasteiger partial charge on any atom is -0.342 e. The van der Waals surface area contributed by atoms with E-state index >= 15 is 0 Å². The Labute approximate surface area is 235 Å². The molecule has 2 bridgehead atoms. The number of halogens is 1. The second-order valence-electron chi connectivity index (χ2n) is 14.2. The summed E-state index contributed by atoms with van der Waals surface area (Å²) in [6, 6.07) is 12.2. The fraction of sp³-hybridized carbons (Fsp3) is 0.742. The highest BCUT2D eigenvalue weighted by atomic mass is 35.5. The van der Waals surface area contributed by atoms with Crippen molar-refractivity contribution in [1.29, 1.82) is 0 Å². The third kappa shape index (κ3) is 5.32. The molecule has 3 amide bonds. The fourth-order valence-corrected chi connectivity index (χ4v) is 8.07. The largest absolute Gasteiger partial charge is 0.342 e. The van der Waals surface area contributed by atoms with Crippen LogP contribution in [0.1, 0.15) is 77.2 Å². The van der Waals surface area contributed by atoms with Gasteiger partial charge in [-0.05, 0) is 61.3 Å². The molecule has 1 spiro atoms. The lowest BCUT2D eigenvalue weighted by Gasteiger charge is -2.49. The predicted octanol–water partition coefficient (Wildman–Crippen LogP) is 5.23. The molecule has 2 unspecified atom stereocenters. The summed E-state index contributed by atoms with van der Waals surface area (Å²) in [5.74, 6) is 1.88. The van der Waals surface area contributed by atoms with Crippen LogP contribution in [0.3, 0.4) is 0 Å². The maximum atomic E-state index is 13.2. The number of likely N-dealkylation sites (N-methyl/N-ethyl adjacent to an activating group) is 1. The van der Waals surface area contributed by atoms with Gasteiger partial charge in [0.05, 0.1) is 5.54 Å². The molecular formula is C31H47ClN4O2. The van der Waals surface area contributed by atoms with Crippen molar-refractivity contribution in [2.75, 3.05) is 39.8 Å². The maximum absolute atomic E-state index is 13.2. The van der Waals surface area contributed by atoms with Crippen LogP contribution in [0.4, 0.5) is 4.79 Å². The van der Waals surface area contributed by atoms with E-state index in [1.807, 2.05) is 11.9 Å². The third-order valence-electron chi connectivity index (χ3n) is 9.95. The van der Waals surface area contributed by atoms with Gasteiger partial charge in [0.25, 0.3) is 0 Å². The van der Waals surface area contributed by atoms with Crippen LogP contribution in [-0.2, 0) is 4.79 Å². The van der Waals surface area contributed by atoms with Crippen molar-refractivity contribution >= 4 is 24.3 Å². The number of nitrogens with zero attached hydrogens (tertiary/aromatic N) is 4. The van der Waals surface area contributed by atoms with Gasteiger partial charge in [-0.1, -0.05) is 51.1 Å². The van der Waals surface area contributed by atoms with Gasteiger partial charge in [-0.3, -0.25) is 9.69 Å². The molecule has 1 aromatic rings.